The molecule has 0 aromatic rings. The molecule has 0 aromatic heterocycles. The van der Waals surface area contributed by atoms with Crippen LogP contribution in [0.25, 0.3) is 0 Å². The van der Waals surface area contributed by atoms with Crippen LogP contribution in [0.5, 0.6) is 0 Å². The van der Waals surface area contributed by atoms with Gasteiger partial charge in [0.25, 0.3) is 0 Å². The molecular weight excluding hydrogens is 236 g/mol. The van der Waals surface area contributed by atoms with Crippen molar-refractivity contribution in [2.45, 2.75) is 38.6 Å². The Bertz CT molecular complexity index is 321. The highest BCUT2D eigenvalue weighted by molar-refractivity contribution is 5.87. The van der Waals surface area contributed by atoms with Crippen LogP contribution in [-0.4, -0.2) is 63.8 Å². The molecule has 1 fully saturated rings. The van der Waals surface area contributed by atoms with Crippen molar-refractivity contribution in [3.8, 4) is 0 Å². The van der Waals surface area contributed by atoms with Crippen LogP contribution in [0.1, 0.15) is 33.1 Å². The third kappa shape index (κ3) is 2.43. The van der Waals surface area contributed by atoms with E-state index in [1.807, 2.05) is 6.92 Å². The Morgan fingerprint density at radius 3 is 2.50 bits per heavy atom. The SMILES string of the molecule is CCN(CCO)C(=O)N1CCCC1(CC)C(=O)O. The highest BCUT2D eigenvalue weighted by Gasteiger charge is 2.49. The maximum atomic E-state index is 12.3. The number of aliphatic hydroxyl groups is 1. The number of urea groups is 1. The third-order valence-electron chi connectivity index (χ3n) is 3.72. The molecule has 2 N–H and O–H groups in total. The monoisotopic (exact) mass is 258 g/mol. The van der Waals surface area contributed by atoms with Crippen molar-refractivity contribution in [1.82, 2.24) is 9.80 Å². The quantitative estimate of drug-likeness (QED) is 0.762. The summed E-state index contributed by atoms with van der Waals surface area (Å²) in [5.41, 5.74) is -1.07. The molecule has 6 nitrogen and oxygen atoms in total. The fourth-order valence-corrected chi connectivity index (χ4v) is 2.58. The Labute approximate surface area is 107 Å². The van der Waals surface area contributed by atoms with E-state index in [9.17, 15) is 14.7 Å². The Morgan fingerprint density at radius 2 is 2.06 bits per heavy atom. The maximum Gasteiger partial charge on any atom is 0.329 e. The van der Waals surface area contributed by atoms with Crippen molar-refractivity contribution in [1.29, 1.82) is 0 Å². The second-order valence-electron chi connectivity index (χ2n) is 4.53. The molecule has 18 heavy (non-hydrogen) atoms. The Hall–Kier alpha value is -1.30. The molecule has 0 bridgehead atoms. The van der Waals surface area contributed by atoms with E-state index in [0.29, 0.717) is 32.4 Å². The minimum atomic E-state index is -1.07. The number of amides is 2. The first-order chi connectivity index (χ1) is 8.53. The topological polar surface area (TPSA) is 81.1 Å². The Morgan fingerprint density at radius 1 is 1.39 bits per heavy atom. The lowest BCUT2D eigenvalue weighted by Crippen LogP contribution is -2.56. The van der Waals surface area contributed by atoms with Crippen LogP contribution in [-0.2, 0) is 4.79 Å². The zero-order chi connectivity index (χ0) is 13.8. The lowest BCUT2D eigenvalue weighted by Gasteiger charge is -2.37. The molecule has 1 aliphatic heterocycles. The maximum absolute atomic E-state index is 12.3. The fraction of sp³-hybridized carbons (Fsp3) is 0.833. The molecular formula is C12H22N2O4. The molecule has 2 amide bonds. The lowest BCUT2D eigenvalue weighted by atomic mass is 9.93. The largest absolute Gasteiger partial charge is 0.479 e. The van der Waals surface area contributed by atoms with Gasteiger partial charge in [-0.2, -0.15) is 0 Å². The fourth-order valence-electron chi connectivity index (χ4n) is 2.58. The van der Waals surface area contributed by atoms with Gasteiger partial charge in [-0.25, -0.2) is 9.59 Å². The van der Waals surface area contributed by atoms with E-state index in [4.69, 9.17) is 5.11 Å². The van der Waals surface area contributed by atoms with Gasteiger partial charge in [-0.3, -0.25) is 0 Å². The number of hydrogen-bond acceptors (Lipinski definition) is 3. The van der Waals surface area contributed by atoms with Gasteiger partial charge in [0.1, 0.15) is 5.54 Å². The molecule has 0 spiro atoms. The molecule has 1 aliphatic rings. The van der Waals surface area contributed by atoms with Gasteiger partial charge < -0.3 is 20.0 Å². The third-order valence-corrected chi connectivity index (χ3v) is 3.72. The molecule has 1 heterocycles. The van der Waals surface area contributed by atoms with Crippen molar-refractivity contribution < 1.29 is 19.8 Å². The summed E-state index contributed by atoms with van der Waals surface area (Å²) >= 11 is 0. The minimum absolute atomic E-state index is 0.111. The van der Waals surface area contributed by atoms with Crippen molar-refractivity contribution >= 4 is 12.0 Å². The van der Waals surface area contributed by atoms with Gasteiger partial charge in [0.05, 0.1) is 6.61 Å². The van der Waals surface area contributed by atoms with Crippen molar-refractivity contribution in [2.24, 2.45) is 0 Å². The van der Waals surface area contributed by atoms with Crippen LogP contribution in [0, 0.1) is 0 Å². The van der Waals surface area contributed by atoms with Gasteiger partial charge in [0.2, 0.25) is 0 Å². The predicted molar refractivity (Wildman–Crippen MR) is 66.3 cm³/mol. The molecule has 0 aliphatic carbocycles. The normalized spacial score (nSPS) is 23.2. The molecule has 1 atom stereocenters. The van der Waals surface area contributed by atoms with E-state index < -0.39 is 11.5 Å². The highest BCUT2D eigenvalue weighted by Crippen LogP contribution is 2.33. The van der Waals surface area contributed by atoms with Gasteiger partial charge in [0, 0.05) is 19.6 Å². The zero-order valence-electron chi connectivity index (χ0n) is 11.1. The summed E-state index contributed by atoms with van der Waals surface area (Å²) in [6.45, 7) is 4.68. The van der Waals surface area contributed by atoms with E-state index in [0.717, 1.165) is 0 Å². The highest BCUT2D eigenvalue weighted by atomic mass is 16.4. The number of likely N-dealkylation sites (N-methyl/N-ethyl adjacent to an activating group) is 1. The number of rotatable bonds is 5. The van der Waals surface area contributed by atoms with Crippen LogP contribution in [0.15, 0.2) is 0 Å². The molecule has 1 unspecified atom stereocenters. The minimum Gasteiger partial charge on any atom is -0.479 e. The van der Waals surface area contributed by atoms with Crippen LogP contribution >= 0.6 is 0 Å². The summed E-state index contributed by atoms with van der Waals surface area (Å²) in [4.78, 5) is 26.7. The molecule has 104 valence electrons. The first kappa shape index (κ1) is 14.8. The standard InChI is InChI=1S/C12H22N2O4/c1-3-12(10(16)17)6-5-7-14(12)11(18)13(4-2)8-9-15/h15H,3-9H2,1-2H3,(H,16,17). The smallest absolute Gasteiger partial charge is 0.329 e. The van der Waals surface area contributed by atoms with E-state index in [1.165, 1.54) is 9.80 Å². The first-order valence-electron chi connectivity index (χ1n) is 6.44. The number of likely N-dealkylation sites (tertiary alicyclic amines) is 1. The zero-order valence-corrected chi connectivity index (χ0v) is 11.1. The summed E-state index contributed by atoms with van der Waals surface area (Å²) < 4.78 is 0. The summed E-state index contributed by atoms with van der Waals surface area (Å²) in [6.07, 6.45) is 1.62. The molecule has 0 saturated carbocycles. The van der Waals surface area contributed by atoms with E-state index in [2.05, 4.69) is 0 Å². The number of carbonyl (C=O) groups is 2. The number of carboxylic acid groups (broad SMARTS) is 1. The van der Waals surface area contributed by atoms with E-state index in [1.54, 1.807) is 6.92 Å². The van der Waals surface area contributed by atoms with Gasteiger partial charge >= 0.3 is 12.0 Å². The van der Waals surface area contributed by atoms with Gasteiger partial charge in [-0.15, -0.1) is 0 Å². The van der Waals surface area contributed by atoms with Crippen LogP contribution in [0.2, 0.25) is 0 Å². The summed E-state index contributed by atoms with van der Waals surface area (Å²) in [5.74, 6) is -0.934. The van der Waals surface area contributed by atoms with Crippen LogP contribution in [0.4, 0.5) is 4.79 Å². The number of aliphatic carboxylic acids is 1. The summed E-state index contributed by atoms with van der Waals surface area (Å²) in [6, 6.07) is -0.284. The molecule has 1 saturated heterocycles. The molecule has 0 aromatic carbocycles. The summed E-state index contributed by atoms with van der Waals surface area (Å²) in [5, 5.41) is 18.3. The van der Waals surface area contributed by atoms with Crippen molar-refractivity contribution in [2.75, 3.05) is 26.2 Å². The second kappa shape index (κ2) is 6.04. The lowest BCUT2D eigenvalue weighted by molar-refractivity contribution is -0.148. The molecule has 1 rings (SSSR count). The number of carbonyl (C=O) groups excluding carboxylic acids is 1. The average Bonchev–Trinajstić information content (AvgIpc) is 2.80. The number of aliphatic hydroxyl groups excluding tert-OH is 1. The van der Waals surface area contributed by atoms with E-state index in [-0.39, 0.29) is 19.2 Å². The number of carboxylic acids is 1. The van der Waals surface area contributed by atoms with Crippen LogP contribution in [0.3, 0.4) is 0 Å². The number of nitrogens with zero attached hydrogens (tertiary/aromatic N) is 2. The van der Waals surface area contributed by atoms with Crippen molar-refractivity contribution in [3.63, 3.8) is 0 Å². The predicted octanol–water partition coefficient (Wildman–Crippen LogP) is 0.750. The van der Waals surface area contributed by atoms with Crippen molar-refractivity contribution in [3.05, 3.63) is 0 Å². The Balaban J connectivity index is 2.92. The molecule has 0 radical (unpaired) electrons. The first-order valence-corrected chi connectivity index (χ1v) is 6.44. The van der Waals surface area contributed by atoms with E-state index >= 15 is 0 Å². The number of hydrogen-bond donors (Lipinski definition) is 2. The Kier molecular flexibility index (Phi) is 4.95. The van der Waals surface area contributed by atoms with Crippen LogP contribution < -0.4 is 0 Å². The van der Waals surface area contributed by atoms with Gasteiger partial charge in [0.15, 0.2) is 0 Å². The second-order valence-corrected chi connectivity index (χ2v) is 4.53. The van der Waals surface area contributed by atoms with Gasteiger partial charge in [-0.05, 0) is 26.2 Å². The summed E-state index contributed by atoms with van der Waals surface area (Å²) in [7, 11) is 0. The average molecular weight is 258 g/mol. The molecule has 6 heteroatoms. The van der Waals surface area contributed by atoms with Gasteiger partial charge in [-0.1, -0.05) is 6.92 Å².